The largest absolute Gasteiger partial charge is 0.325 e. The maximum atomic E-state index is 12.0. The number of carbonyl (C=O) groups is 2. The van der Waals surface area contributed by atoms with Gasteiger partial charge in [-0.15, -0.1) is 11.3 Å². The van der Waals surface area contributed by atoms with Gasteiger partial charge in [-0.05, 0) is 25.0 Å². The summed E-state index contributed by atoms with van der Waals surface area (Å²) >= 11 is 7.35. The summed E-state index contributed by atoms with van der Waals surface area (Å²) in [6.45, 7) is 0.467. The second kappa shape index (κ2) is 4.24. The summed E-state index contributed by atoms with van der Waals surface area (Å²) in [5.41, 5.74) is -0.604. The summed E-state index contributed by atoms with van der Waals surface area (Å²) in [7, 11) is 0. The van der Waals surface area contributed by atoms with Crippen LogP contribution in [-0.2, 0) is 11.3 Å². The molecule has 0 atom stereocenters. The van der Waals surface area contributed by atoms with Crippen LogP contribution in [-0.4, -0.2) is 22.4 Å². The monoisotopic (exact) mass is 284 g/mol. The zero-order chi connectivity index (χ0) is 12.8. The highest BCUT2D eigenvalue weighted by Gasteiger charge is 2.53. The molecule has 2 aliphatic rings. The van der Waals surface area contributed by atoms with Crippen LogP contribution >= 0.6 is 22.9 Å². The van der Waals surface area contributed by atoms with Crippen molar-refractivity contribution >= 4 is 34.9 Å². The minimum atomic E-state index is -0.604. The molecular formula is C12H13ClN2O2S. The van der Waals surface area contributed by atoms with Crippen LogP contribution in [0.5, 0.6) is 0 Å². The Kier molecular flexibility index (Phi) is 2.83. The maximum Gasteiger partial charge on any atom is 0.325 e. The van der Waals surface area contributed by atoms with E-state index in [2.05, 4.69) is 5.32 Å². The number of hydrogen-bond donors (Lipinski definition) is 1. The van der Waals surface area contributed by atoms with Crippen LogP contribution in [0.4, 0.5) is 4.79 Å². The fourth-order valence-electron chi connectivity index (χ4n) is 2.87. The molecule has 6 heteroatoms. The zero-order valence-electron chi connectivity index (χ0n) is 9.74. The Hall–Kier alpha value is -1.07. The number of nitrogens with one attached hydrogen (secondary N) is 1. The van der Waals surface area contributed by atoms with Crippen LogP contribution in [0.15, 0.2) is 12.1 Å². The molecule has 1 aromatic heterocycles. The number of halogens is 1. The fraction of sp³-hybridized carbons (Fsp3) is 0.500. The van der Waals surface area contributed by atoms with Crippen LogP contribution in [0.1, 0.15) is 30.6 Å². The van der Waals surface area contributed by atoms with Crippen LogP contribution in [0.3, 0.4) is 0 Å². The fourth-order valence-corrected chi connectivity index (χ4v) is 3.95. The SMILES string of the molecule is O=C1NC(=O)C2(CCCC2)N1Cc1ccc(Cl)s1. The van der Waals surface area contributed by atoms with Gasteiger partial charge in [0, 0.05) is 4.88 Å². The van der Waals surface area contributed by atoms with Gasteiger partial charge >= 0.3 is 6.03 Å². The van der Waals surface area contributed by atoms with E-state index in [4.69, 9.17) is 11.6 Å². The molecule has 3 amide bonds. The maximum absolute atomic E-state index is 12.0. The molecular weight excluding hydrogens is 272 g/mol. The van der Waals surface area contributed by atoms with Gasteiger partial charge in [-0.2, -0.15) is 0 Å². The van der Waals surface area contributed by atoms with E-state index >= 15 is 0 Å². The Labute approximate surface area is 114 Å². The first-order valence-corrected chi connectivity index (χ1v) is 7.18. The normalized spacial score (nSPS) is 21.9. The molecule has 1 N–H and O–H groups in total. The van der Waals surface area contributed by atoms with Crippen molar-refractivity contribution in [2.75, 3.05) is 0 Å². The van der Waals surface area contributed by atoms with E-state index in [0.29, 0.717) is 10.9 Å². The van der Waals surface area contributed by atoms with Gasteiger partial charge in [0.25, 0.3) is 5.91 Å². The van der Waals surface area contributed by atoms with E-state index in [1.165, 1.54) is 11.3 Å². The van der Waals surface area contributed by atoms with E-state index < -0.39 is 5.54 Å². The molecule has 1 spiro atoms. The van der Waals surface area contributed by atoms with Gasteiger partial charge in [0.15, 0.2) is 0 Å². The highest BCUT2D eigenvalue weighted by Crippen LogP contribution is 2.40. The average molecular weight is 285 g/mol. The highest BCUT2D eigenvalue weighted by atomic mass is 35.5. The summed E-state index contributed by atoms with van der Waals surface area (Å²) in [4.78, 5) is 26.6. The van der Waals surface area contributed by atoms with E-state index in [9.17, 15) is 9.59 Å². The molecule has 0 unspecified atom stereocenters. The number of hydrogen-bond acceptors (Lipinski definition) is 3. The van der Waals surface area contributed by atoms with E-state index in [-0.39, 0.29) is 11.9 Å². The Morgan fingerprint density at radius 2 is 2.06 bits per heavy atom. The lowest BCUT2D eigenvalue weighted by Gasteiger charge is -2.30. The molecule has 1 aromatic rings. The Morgan fingerprint density at radius 3 is 2.67 bits per heavy atom. The molecule has 2 fully saturated rings. The molecule has 3 rings (SSSR count). The second-order valence-corrected chi connectivity index (χ2v) is 6.59. The van der Waals surface area contributed by atoms with Gasteiger partial charge in [-0.1, -0.05) is 24.4 Å². The molecule has 1 saturated carbocycles. The van der Waals surface area contributed by atoms with Crippen molar-refractivity contribution in [2.45, 2.75) is 37.8 Å². The predicted octanol–water partition coefficient (Wildman–Crippen LogP) is 2.77. The third kappa shape index (κ3) is 1.73. The molecule has 4 nitrogen and oxygen atoms in total. The third-order valence-electron chi connectivity index (χ3n) is 3.78. The molecule has 0 aromatic carbocycles. The molecule has 2 heterocycles. The number of rotatable bonds is 2. The molecule has 18 heavy (non-hydrogen) atoms. The van der Waals surface area contributed by atoms with Gasteiger partial charge in [0.05, 0.1) is 10.9 Å². The minimum Gasteiger partial charge on any atom is -0.305 e. The first-order valence-electron chi connectivity index (χ1n) is 5.99. The summed E-state index contributed by atoms with van der Waals surface area (Å²) < 4.78 is 0.705. The number of thiophene rings is 1. The van der Waals surface area contributed by atoms with Crippen LogP contribution < -0.4 is 5.32 Å². The van der Waals surface area contributed by atoms with Gasteiger partial charge in [-0.25, -0.2) is 4.79 Å². The number of urea groups is 1. The lowest BCUT2D eigenvalue weighted by molar-refractivity contribution is -0.126. The summed E-state index contributed by atoms with van der Waals surface area (Å²) in [5, 5.41) is 2.45. The summed E-state index contributed by atoms with van der Waals surface area (Å²) in [6.07, 6.45) is 3.54. The van der Waals surface area contributed by atoms with Gasteiger partial charge in [-0.3, -0.25) is 10.1 Å². The molecule has 0 radical (unpaired) electrons. The number of carbonyl (C=O) groups excluding carboxylic acids is 2. The standard InChI is InChI=1S/C12H13ClN2O2S/c13-9-4-3-8(18-9)7-15-11(17)14-10(16)12(15)5-1-2-6-12/h3-4H,1-2,5-7H2,(H,14,16,17). The zero-order valence-corrected chi connectivity index (χ0v) is 11.3. The van der Waals surface area contributed by atoms with E-state index in [1.807, 2.05) is 12.1 Å². The van der Waals surface area contributed by atoms with E-state index in [0.717, 1.165) is 30.6 Å². The van der Waals surface area contributed by atoms with Crippen molar-refractivity contribution in [1.82, 2.24) is 10.2 Å². The van der Waals surface area contributed by atoms with Gasteiger partial charge in [0.1, 0.15) is 5.54 Å². The Morgan fingerprint density at radius 1 is 1.33 bits per heavy atom. The highest BCUT2D eigenvalue weighted by molar-refractivity contribution is 7.16. The van der Waals surface area contributed by atoms with Crippen LogP contribution in [0, 0.1) is 0 Å². The Balaban J connectivity index is 1.89. The molecule has 1 saturated heterocycles. The average Bonchev–Trinajstić information content (AvgIpc) is 2.99. The van der Waals surface area contributed by atoms with E-state index in [1.54, 1.807) is 4.90 Å². The quantitative estimate of drug-likeness (QED) is 0.849. The van der Waals surface area contributed by atoms with Crippen molar-refractivity contribution in [2.24, 2.45) is 0 Å². The van der Waals surface area contributed by atoms with Crippen molar-refractivity contribution in [3.63, 3.8) is 0 Å². The summed E-state index contributed by atoms with van der Waals surface area (Å²) in [5.74, 6) is -0.132. The number of nitrogens with zero attached hydrogens (tertiary/aromatic N) is 1. The van der Waals surface area contributed by atoms with Gasteiger partial charge < -0.3 is 4.90 Å². The first kappa shape index (κ1) is 12.0. The topological polar surface area (TPSA) is 49.4 Å². The third-order valence-corrected chi connectivity index (χ3v) is 4.99. The summed E-state index contributed by atoms with van der Waals surface area (Å²) in [6, 6.07) is 3.45. The lowest BCUT2D eigenvalue weighted by Crippen LogP contribution is -2.46. The molecule has 1 aliphatic heterocycles. The van der Waals surface area contributed by atoms with Crippen molar-refractivity contribution in [3.8, 4) is 0 Å². The van der Waals surface area contributed by atoms with Crippen molar-refractivity contribution in [3.05, 3.63) is 21.3 Å². The number of amides is 3. The van der Waals surface area contributed by atoms with Crippen LogP contribution in [0.25, 0.3) is 0 Å². The van der Waals surface area contributed by atoms with Crippen molar-refractivity contribution < 1.29 is 9.59 Å². The van der Waals surface area contributed by atoms with Crippen LogP contribution in [0.2, 0.25) is 4.34 Å². The second-order valence-electron chi connectivity index (χ2n) is 4.79. The van der Waals surface area contributed by atoms with Crippen molar-refractivity contribution in [1.29, 1.82) is 0 Å². The predicted molar refractivity (Wildman–Crippen MR) is 69.6 cm³/mol. The lowest BCUT2D eigenvalue weighted by atomic mass is 9.96. The van der Waals surface area contributed by atoms with Gasteiger partial charge in [0.2, 0.25) is 0 Å². The Bertz CT molecular complexity index is 508. The molecule has 96 valence electrons. The number of imide groups is 1. The smallest absolute Gasteiger partial charge is 0.305 e. The first-order chi connectivity index (χ1) is 8.62. The molecule has 1 aliphatic carbocycles. The minimum absolute atomic E-state index is 0.132. The molecule has 0 bridgehead atoms.